The summed E-state index contributed by atoms with van der Waals surface area (Å²) in [7, 11) is 0. The third-order valence-corrected chi connectivity index (χ3v) is 3.87. The van der Waals surface area contributed by atoms with Crippen molar-refractivity contribution in [1.29, 1.82) is 0 Å². The van der Waals surface area contributed by atoms with Gasteiger partial charge in [-0.15, -0.1) is 0 Å². The second kappa shape index (κ2) is 3.83. The Morgan fingerprint density at radius 3 is 1.86 bits per heavy atom. The van der Waals surface area contributed by atoms with Crippen LogP contribution in [0, 0.1) is 17.3 Å². The maximum absolute atomic E-state index is 13.8. The first kappa shape index (κ1) is 12.0. The van der Waals surface area contributed by atoms with E-state index in [9.17, 15) is 4.39 Å². The Balaban J connectivity index is 2.61. The normalized spacial score (nSPS) is 30.4. The number of rotatable bonds is 1. The van der Waals surface area contributed by atoms with Crippen molar-refractivity contribution >= 4 is 0 Å². The zero-order valence-electron chi connectivity index (χ0n) is 10.4. The van der Waals surface area contributed by atoms with Gasteiger partial charge in [-0.25, -0.2) is 4.39 Å². The van der Waals surface area contributed by atoms with Crippen molar-refractivity contribution in [1.82, 2.24) is 0 Å². The first-order valence-electron chi connectivity index (χ1n) is 5.90. The standard InChI is InChI=1S/C13H25F/c1-12(2,3)10-7-6-8-11(9-10)13(4,5)14/h10-11H,6-9H2,1-5H3. The molecule has 0 aliphatic heterocycles. The van der Waals surface area contributed by atoms with Gasteiger partial charge in [0.1, 0.15) is 5.67 Å². The van der Waals surface area contributed by atoms with Gasteiger partial charge in [0.2, 0.25) is 0 Å². The Morgan fingerprint density at radius 1 is 0.929 bits per heavy atom. The smallest absolute Gasteiger partial charge is 0.108 e. The maximum Gasteiger partial charge on any atom is 0.108 e. The SMILES string of the molecule is CC(C)(C)C1CCCC(C(C)(C)F)C1. The third-order valence-electron chi connectivity index (χ3n) is 3.87. The summed E-state index contributed by atoms with van der Waals surface area (Å²) in [5.74, 6) is 0.983. The van der Waals surface area contributed by atoms with Crippen molar-refractivity contribution in [3.63, 3.8) is 0 Å². The lowest BCUT2D eigenvalue weighted by Crippen LogP contribution is -2.35. The van der Waals surface area contributed by atoms with Crippen molar-refractivity contribution in [2.75, 3.05) is 0 Å². The van der Waals surface area contributed by atoms with Gasteiger partial charge < -0.3 is 0 Å². The predicted octanol–water partition coefficient (Wildman–Crippen LogP) is 4.59. The van der Waals surface area contributed by atoms with Gasteiger partial charge in [0.25, 0.3) is 0 Å². The first-order valence-corrected chi connectivity index (χ1v) is 5.90. The molecule has 0 amide bonds. The van der Waals surface area contributed by atoms with Crippen LogP contribution in [0.3, 0.4) is 0 Å². The highest BCUT2D eigenvalue weighted by atomic mass is 19.1. The minimum Gasteiger partial charge on any atom is -0.244 e. The summed E-state index contributed by atoms with van der Waals surface area (Å²) < 4.78 is 13.8. The quantitative estimate of drug-likeness (QED) is 0.581. The van der Waals surface area contributed by atoms with Crippen LogP contribution in [0.15, 0.2) is 0 Å². The zero-order valence-corrected chi connectivity index (χ0v) is 10.4. The molecule has 84 valence electrons. The first-order chi connectivity index (χ1) is 6.21. The molecule has 0 heterocycles. The van der Waals surface area contributed by atoms with Crippen molar-refractivity contribution in [2.45, 2.75) is 66.0 Å². The molecule has 0 spiro atoms. The highest BCUT2D eigenvalue weighted by Crippen LogP contribution is 2.44. The average molecular weight is 200 g/mol. The van der Waals surface area contributed by atoms with E-state index in [1.807, 2.05) is 0 Å². The highest BCUT2D eigenvalue weighted by molar-refractivity contribution is 4.87. The minimum atomic E-state index is -0.982. The zero-order chi connectivity index (χ0) is 11.0. The van der Waals surface area contributed by atoms with Crippen LogP contribution in [0.25, 0.3) is 0 Å². The van der Waals surface area contributed by atoms with Crippen molar-refractivity contribution < 1.29 is 4.39 Å². The molecule has 0 aromatic rings. The molecule has 1 rings (SSSR count). The molecule has 1 aliphatic rings. The average Bonchev–Trinajstić information content (AvgIpc) is 2.01. The number of hydrogen-bond acceptors (Lipinski definition) is 0. The fourth-order valence-electron chi connectivity index (χ4n) is 2.60. The van der Waals surface area contributed by atoms with Crippen LogP contribution >= 0.6 is 0 Å². The fraction of sp³-hybridized carbons (Fsp3) is 1.00. The van der Waals surface area contributed by atoms with E-state index in [2.05, 4.69) is 20.8 Å². The summed E-state index contributed by atoms with van der Waals surface area (Å²) in [6.45, 7) is 10.3. The molecule has 0 saturated heterocycles. The molecule has 2 unspecified atom stereocenters. The van der Waals surface area contributed by atoms with Crippen molar-refractivity contribution in [3.05, 3.63) is 0 Å². The van der Waals surface area contributed by atoms with E-state index in [0.29, 0.717) is 11.3 Å². The van der Waals surface area contributed by atoms with Gasteiger partial charge >= 0.3 is 0 Å². The summed E-state index contributed by atoms with van der Waals surface area (Å²) in [6.07, 6.45) is 4.65. The topological polar surface area (TPSA) is 0 Å². The molecule has 0 aromatic heterocycles. The second-order valence-corrected chi connectivity index (χ2v) is 6.49. The van der Waals surface area contributed by atoms with E-state index in [0.717, 1.165) is 12.8 Å². The number of halogens is 1. The molecule has 2 atom stereocenters. The maximum atomic E-state index is 13.8. The van der Waals surface area contributed by atoms with Crippen LogP contribution in [0.4, 0.5) is 4.39 Å². The van der Waals surface area contributed by atoms with E-state index in [1.54, 1.807) is 13.8 Å². The molecule has 0 N–H and O–H groups in total. The lowest BCUT2D eigenvalue weighted by molar-refractivity contribution is 0.0438. The molecule has 1 heteroatoms. The van der Waals surface area contributed by atoms with Crippen LogP contribution < -0.4 is 0 Å². The van der Waals surface area contributed by atoms with Crippen LogP contribution in [-0.4, -0.2) is 5.67 Å². The molecule has 0 radical (unpaired) electrons. The molecule has 1 saturated carbocycles. The summed E-state index contributed by atoms with van der Waals surface area (Å²) in [6, 6.07) is 0. The fourth-order valence-corrected chi connectivity index (χ4v) is 2.60. The largest absolute Gasteiger partial charge is 0.244 e. The van der Waals surface area contributed by atoms with Gasteiger partial charge in [0.15, 0.2) is 0 Å². The Morgan fingerprint density at radius 2 is 1.43 bits per heavy atom. The van der Waals surface area contributed by atoms with Gasteiger partial charge in [0, 0.05) is 0 Å². The van der Waals surface area contributed by atoms with Crippen LogP contribution in [0.5, 0.6) is 0 Å². The Hall–Kier alpha value is -0.0700. The lowest BCUT2D eigenvalue weighted by Gasteiger charge is -2.40. The van der Waals surface area contributed by atoms with Gasteiger partial charge in [-0.3, -0.25) is 0 Å². The molecule has 1 fully saturated rings. The van der Waals surface area contributed by atoms with Crippen LogP contribution in [0.2, 0.25) is 0 Å². The van der Waals surface area contributed by atoms with E-state index >= 15 is 0 Å². The number of hydrogen-bond donors (Lipinski definition) is 0. The van der Waals surface area contributed by atoms with Crippen molar-refractivity contribution in [3.8, 4) is 0 Å². The highest BCUT2D eigenvalue weighted by Gasteiger charge is 2.37. The molecule has 0 bridgehead atoms. The molecule has 1 aliphatic carbocycles. The molecule has 0 nitrogen and oxygen atoms in total. The van der Waals surface area contributed by atoms with Crippen LogP contribution in [-0.2, 0) is 0 Å². The summed E-state index contributed by atoms with van der Waals surface area (Å²) >= 11 is 0. The van der Waals surface area contributed by atoms with E-state index in [-0.39, 0.29) is 5.92 Å². The van der Waals surface area contributed by atoms with Crippen LogP contribution in [0.1, 0.15) is 60.3 Å². The second-order valence-electron chi connectivity index (χ2n) is 6.49. The lowest BCUT2D eigenvalue weighted by atomic mass is 9.66. The predicted molar refractivity (Wildman–Crippen MR) is 60.1 cm³/mol. The van der Waals surface area contributed by atoms with Gasteiger partial charge in [-0.05, 0) is 50.4 Å². The van der Waals surface area contributed by atoms with Gasteiger partial charge in [0.05, 0.1) is 0 Å². The molecule has 14 heavy (non-hydrogen) atoms. The van der Waals surface area contributed by atoms with E-state index in [4.69, 9.17) is 0 Å². The summed E-state index contributed by atoms with van der Waals surface area (Å²) in [5, 5.41) is 0. The van der Waals surface area contributed by atoms with Gasteiger partial charge in [-0.1, -0.05) is 27.2 Å². The van der Waals surface area contributed by atoms with Crippen molar-refractivity contribution in [2.24, 2.45) is 17.3 Å². The minimum absolute atomic E-state index is 0.278. The third kappa shape index (κ3) is 2.96. The van der Waals surface area contributed by atoms with E-state index in [1.165, 1.54) is 12.8 Å². The molecular formula is C13H25F. The van der Waals surface area contributed by atoms with E-state index < -0.39 is 5.67 Å². The monoisotopic (exact) mass is 200 g/mol. The number of alkyl halides is 1. The summed E-state index contributed by atoms with van der Waals surface area (Å²) in [4.78, 5) is 0. The molecular weight excluding hydrogens is 175 g/mol. The Bertz CT molecular complexity index is 162. The Labute approximate surface area is 88.3 Å². The Kier molecular flexibility index (Phi) is 3.28. The summed E-state index contributed by atoms with van der Waals surface area (Å²) in [5.41, 5.74) is -0.631. The van der Waals surface area contributed by atoms with Gasteiger partial charge in [-0.2, -0.15) is 0 Å². The molecule has 0 aromatic carbocycles.